The van der Waals surface area contributed by atoms with Crippen LogP contribution in [-0.2, 0) is 16.1 Å². The van der Waals surface area contributed by atoms with E-state index in [1.165, 1.54) is 6.92 Å². The molecule has 0 radical (unpaired) electrons. The van der Waals surface area contributed by atoms with Gasteiger partial charge in [-0.1, -0.05) is 0 Å². The van der Waals surface area contributed by atoms with Gasteiger partial charge in [0.1, 0.15) is 18.2 Å². The van der Waals surface area contributed by atoms with Crippen LogP contribution in [0.2, 0.25) is 0 Å². The third-order valence-electron chi connectivity index (χ3n) is 3.53. The van der Waals surface area contributed by atoms with Crippen LogP contribution in [0.4, 0.5) is 11.4 Å². The van der Waals surface area contributed by atoms with E-state index in [-0.39, 0.29) is 18.0 Å². The highest BCUT2D eigenvalue weighted by Crippen LogP contribution is 2.13. The smallest absolute Gasteiger partial charge is 0.285 e. The molecule has 0 saturated heterocycles. The molecule has 0 saturated carbocycles. The van der Waals surface area contributed by atoms with Crippen LogP contribution in [0.5, 0.6) is 0 Å². The molecular weight excluding hydrogens is 322 g/mol. The molecule has 2 aromatic rings. The lowest BCUT2D eigenvalue weighted by atomic mass is 10.1. The van der Waals surface area contributed by atoms with Crippen molar-refractivity contribution in [3.05, 3.63) is 51.4 Å². The number of nitrogens with one attached hydrogen (secondary N) is 2. The summed E-state index contributed by atoms with van der Waals surface area (Å²) in [6.07, 6.45) is 0. The Morgan fingerprint density at radius 2 is 1.72 bits per heavy atom. The number of amides is 2. The lowest BCUT2D eigenvalue weighted by Gasteiger charge is -2.10. The molecule has 0 aliphatic heterocycles. The normalized spacial score (nSPS) is 10.0. The summed E-state index contributed by atoms with van der Waals surface area (Å²) in [5, 5.41) is 18.4. The first-order valence-corrected chi connectivity index (χ1v) is 7.47. The predicted octanol–water partition coefficient (Wildman–Crippen LogP) is 1.33. The Kier molecular flexibility index (Phi) is 5.29. The second kappa shape index (κ2) is 7.40. The number of nitriles is 1. The van der Waals surface area contributed by atoms with E-state index in [9.17, 15) is 14.4 Å². The van der Waals surface area contributed by atoms with Gasteiger partial charge in [-0.2, -0.15) is 10.4 Å². The maximum absolute atomic E-state index is 12.2. The first-order valence-electron chi connectivity index (χ1n) is 7.47. The Balaban J connectivity index is 2.13. The topological polar surface area (TPSA) is 117 Å². The number of carbonyl (C=O) groups is 2. The molecule has 0 atom stereocenters. The fraction of sp³-hybridized carbons (Fsp3) is 0.235. The summed E-state index contributed by atoms with van der Waals surface area (Å²) in [6, 6.07) is 8.39. The molecule has 2 rings (SSSR count). The Bertz CT molecular complexity index is 923. The van der Waals surface area contributed by atoms with Crippen molar-refractivity contribution in [1.82, 2.24) is 9.78 Å². The maximum atomic E-state index is 12.2. The highest BCUT2D eigenvalue weighted by molar-refractivity contribution is 5.92. The van der Waals surface area contributed by atoms with Crippen LogP contribution >= 0.6 is 0 Å². The molecule has 0 unspecified atom stereocenters. The summed E-state index contributed by atoms with van der Waals surface area (Å²) in [4.78, 5) is 35.3. The quantitative estimate of drug-likeness (QED) is 0.871. The van der Waals surface area contributed by atoms with E-state index in [2.05, 4.69) is 15.7 Å². The van der Waals surface area contributed by atoms with Crippen molar-refractivity contribution >= 4 is 23.2 Å². The first kappa shape index (κ1) is 17.9. The zero-order valence-electron chi connectivity index (χ0n) is 14.1. The molecule has 1 aromatic carbocycles. The first-order chi connectivity index (χ1) is 11.8. The van der Waals surface area contributed by atoms with Crippen LogP contribution in [-0.4, -0.2) is 21.6 Å². The van der Waals surface area contributed by atoms with E-state index in [1.807, 2.05) is 6.07 Å². The van der Waals surface area contributed by atoms with Crippen molar-refractivity contribution < 1.29 is 9.59 Å². The molecular formula is C17H17N5O3. The predicted molar refractivity (Wildman–Crippen MR) is 92.1 cm³/mol. The summed E-state index contributed by atoms with van der Waals surface area (Å²) in [5.41, 5.74) is 1.54. The van der Waals surface area contributed by atoms with Crippen molar-refractivity contribution in [2.75, 3.05) is 10.6 Å². The van der Waals surface area contributed by atoms with Gasteiger partial charge in [-0.05, 0) is 43.7 Å². The highest BCUT2D eigenvalue weighted by Gasteiger charge is 2.14. The molecule has 0 aliphatic carbocycles. The van der Waals surface area contributed by atoms with Crippen LogP contribution < -0.4 is 16.2 Å². The highest BCUT2D eigenvalue weighted by atomic mass is 16.2. The summed E-state index contributed by atoms with van der Waals surface area (Å²) in [5.74, 6) is -0.640. The van der Waals surface area contributed by atoms with Crippen LogP contribution in [0.3, 0.4) is 0 Å². The SMILES string of the molecule is CC(=O)Nc1ccc(NC(=O)Cn2nc(C)c(C)c(C#N)c2=O)cc1. The zero-order valence-corrected chi connectivity index (χ0v) is 14.1. The van der Waals surface area contributed by atoms with E-state index >= 15 is 0 Å². The lowest BCUT2D eigenvalue weighted by Crippen LogP contribution is -2.32. The maximum Gasteiger partial charge on any atom is 0.285 e. The fourth-order valence-electron chi connectivity index (χ4n) is 2.19. The van der Waals surface area contributed by atoms with Crippen LogP contribution in [0.15, 0.2) is 29.1 Å². The Hall–Kier alpha value is -3.47. The van der Waals surface area contributed by atoms with Crippen molar-refractivity contribution in [3.63, 3.8) is 0 Å². The van der Waals surface area contributed by atoms with Gasteiger partial charge < -0.3 is 10.6 Å². The monoisotopic (exact) mass is 339 g/mol. The molecule has 1 heterocycles. The minimum absolute atomic E-state index is 0.0139. The summed E-state index contributed by atoms with van der Waals surface area (Å²) < 4.78 is 0.974. The second-order valence-corrected chi connectivity index (χ2v) is 5.47. The molecule has 0 spiro atoms. The standard InChI is InChI=1S/C17H17N5O3/c1-10-11(2)21-22(17(25)15(10)8-18)9-16(24)20-14-6-4-13(5-7-14)19-12(3)23/h4-7H,9H2,1-3H3,(H,19,23)(H,20,24). The molecule has 0 bridgehead atoms. The molecule has 0 fully saturated rings. The number of aromatic nitrogens is 2. The molecule has 2 amide bonds. The summed E-state index contributed by atoms with van der Waals surface area (Å²) in [7, 11) is 0. The number of anilines is 2. The van der Waals surface area contributed by atoms with Crippen molar-refractivity contribution in [2.24, 2.45) is 0 Å². The average Bonchev–Trinajstić information content (AvgIpc) is 2.54. The van der Waals surface area contributed by atoms with Gasteiger partial charge in [0.15, 0.2) is 0 Å². The average molecular weight is 339 g/mol. The van der Waals surface area contributed by atoms with E-state index in [0.29, 0.717) is 22.6 Å². The third kappa shape index (κ3) is 4.29. The summed E-state index contributed by atoms with van der Waals surface area (Å²) >= 11 is 0. The van der Waals surface area contributed by atoms with Crippen LogP contribution in [0.1, 0.15) is 23.7 Å². The molecule has 25 heavy (non-hydrogen) atoms. The van der Waals surface area contributed by atoms with Gasteiger partial charge in [-0.25, -0.2) is 4.68 Å². The molecule has 1 aromatic heterocycles. The van der Waals surface area contributed by atoms with Gasteiger partial charge in [-0.3, -0.25) is 14.4 Å². The van der Waals surface area contributed by atoms with Gasteiger partial charge in [0.25, 0.3) is 5.56 Å². The van der Waals surface area contributed by atoms with Gasteiger partial charge in [0, 0.05) is 18.3 Å². The van der Waals surface area contributed by atoms with Crippen molar-refractivity contribution in [3.8, 4) is 6.07 Å². The van der Waals surface area contributed by atoms with Crippen LogP contribution in [0, 0.1) is 25.2 Å². The van der Waals surface area contributed by atoms with Crippen molar-refractivity contribution in [2.45, 2.75) is 27.3 Å². The number of benzene rings is 1. The van der Waals surface area contributed by atoms with Crippen LogP contribution in [0.25, 0.3) is 0 Å². The van der Waals surface area contributed by atoms with Gasteiger partial charge in [-0.15, -0.1) is 0 Å². The number of hydrogen-bond donors (Lipinski definition) is 2. The van der Waals surface area contributed by atoms with E-state index < -0.39 is 11.5 Å². The van der Waals surface area contributed by atoms with E-state index in [1.54, 1.807) is 38.1 Å². The van der Waals surface area contributed by atoms with E-state index in [4.69, 9.17) is 5.26 Å². The third-order valence-corrected chi connectivity index (χ3v) is 3.53. The Morgan fingerprint density at radius 1 is 1.16 bits per heavy atom. The Morgan fingerprint density at radius 3 is 2.24 bits per heavy atom. The zero-order chi connectivity index (χ0) is 18.6. The number of nitrogens with zero attached hydrogens (tertiary/aromatic N) is 3. The number of carbonyl (C=O) groups excluding carboxylic acids is 2. The van der Waals surface area contributed by atoms with Gasteiger partial charge in [0.05, 0.1) is 5.69 Å². The second-order valence-electron chi connectivity index (χ2n) is 5.47. The lowest BCUT2D eigenvalue weighted by molar-refractivity contribution is -0.117. The molecule has 128 valence electrons. The molecule has 8 heteroatoms. The van der Waals surface area contributed by atoms with Crippen molar-refractivity contribution in [1.29, 1.82) is 5.26 Å². The molecule has 2 N–H and O–H groups in total. The number of hydrogen-bond acceptors (Lipinski definition) is 5. The fourth-order valence-corrected chi connectivity index (χ4v) is 2.19. The minimum atomic E-state index is -0.596. The summed E-state index contributed by atoms with van der Waals surface area (Å²) in [6.45, 7) is 4.41. The molecule has 0 aliphatic rings. The number of aryl methyl sites for hydroxylation is 1. The molecule has 8 nitrogen and oxygen atoms in total. The Labute approximate surface area is 144 Å². The van der Waals surface area contributed by atoms with E-state index in [0.717, 1.165) is 4.68 Å². The number of rotatable bonds is 4. The largest absolute Gasteiger partial charge is 0.326 e. The van der Waals surface area contributed by atoms with Gasteiger partial charge >= 0.3 is 0 Å². The minimum Gasteiger partial charge on any atom is -0.326 e. The van der Waals surface area contributed by atoms with Gasteiger partial charge in [0.2, 0.25) is 11.8 Å².